The highest BCUT2D eigenvalue weighted by molar-refractivity contribution is 5.79. The third-order valence-corrected chi connectivity index (χ3v) is 4.23. The van der Waals surface area contributed by atoms with Gasteiger partial charge in [-0.25, -0.2) is 0 Å². The Morgan fingerprint density at radius 1 is 1.28 bits per heavy atom. The molecular formula is C15H18N2O. The molecule has 1 atom stereocenters. The van der Waals surface area contributed by atoms with Crippen LogP contribution in [0.5, 0.6) is 0 Å². The highest BCUT2D eigenvalue weighted by Gasteiger charge is 2.38. The molecule has 18 heavy (non-hydrogen) atoms. The summed E-state index contributed by atoms with van der Waals surface area (Å²) in [7, 11) is 1.94. The number of benzene rings is 1. The van der Waals surface area contributed by atoms with Crippen LogP contribution >= 0.6 is 0 Å². The fourth-order valence-corrected chi connectivity index (χ4v) is 3.08. The molecule has 1 aromatic carbocycles. The maximum absolute atomic E-state index is 12.0. The summed E-state index contributed by atoms with van der Waals surface area (Å²) in [6.45, 7) is 0.797. The van der Waals surface area contributed by atoms with Crippen molar-refractivity contribution in [3.05, 3.63) is 34.8 Å². The minimum atomic E-state index is -0.120. The number of hydrogen-bond acceptors (Lipinski definition) is 2. The summed E-state index contributed by atoms with van der Waals surface area (Å²) in [5.74, 6) is 0.261. The van der Waals surface area contributed by atoms with Crippen LogP contribution in [-0.4, -0.2) is 29.9 Å². The molecule has 0 radical (unpaired) electrons. The zero-order valence-electron chi connectivity index (χ0n) is 10.7. The summed E-state index contributed by atoms with van der Waals surface area (Å²) in [4.78, 5) is 18.5. The number of carbonyl (C=O) groups excluding carboxylic acids is 1. The predicted molar refractivity (Wildman–Crippen MR) is 70.5 cm³/mol. The Kier molecular flexibility index (Phi) is 2.69. The van der Waals surface area contributed by atoms with Gasteiger partial charge in [0.05, 0.1) is 10.9 Å². The molecule has 1 aromatic rings. The van der Waals surface area contributed by atoms with Crippen LogP contribution in [0.3, 0.4) is 0 Å². The normalized spacial score (nSPS) is 27.2. The van der Waals surface area contributed by atoms with Gasteiger partial charge in [0.25, 0.3) is 0 Å². The lowest BCUT2D eigenvalue weighted by Gasteiger charge is -2.43. The van der Waals surface area contributed by atoms with Gasteiger partial charge in [-0.05, 0) is 36.6 Å². The van der Waals surface area contributed by atoms with Gasteiger partial charge >= 0.3 is 0 Å². The van der Waals surface area contributed by atoms with Crippen molar-refractivity contribution in [1.82, 2.24) is 4.90 Å². The summed E-state index contributed by atoms with van der Waals surface area (Å²) in [5.41, 5.74) is -0.120. The van der Waals surface area contributed by atoms with Crippen LogP contribution in [0.15, 0.2) is 29.3 Å². The molecule has 2 aliphatic heterocycles. The monoisotopic (exact) mass is 242 g/mol. The van der Waals surface area contributed by atoms with Crippen LogP contribution in [0.1, 0.15) is 25.7 Å². The smallest absolute Gasteiger partial charge is 0.223 e. The quantitative estimate of drug-likeness (QED) is 0.664. The molecule has 0 bridgehead atoms. The molecule has 0 aromatic heterocycles. The number of piperidine rings is 1. The van der Waals surface area contributed by atoms with E-state index in [0.29, 0.717) is 6.42 Å². The molecule has 0 saturated carbocycles. The summed E-state index contributed by atoms with van der Waals surface area (Å²) >= 11 is 0. The molecular weight excluding hydrogens is 224 g/mol. The molecule has 3 rings (SSSR count). The molecule has 1 fully saturated rings. The minimum absolute atomic E-state index is 0.120. The maximum Gasteiger partial charge on any atom is 0.223 e. The Balaban J connectivity index is 2.16. The van der Waals surface area contributed by atoms with Crippen molar-refractivity contribution in [3.8, 4) is 0 Å². The number of nitrogens with zero attached hydrogens (tertiary/aromatic N) is 2. The van der Waals surface area contributed by atoms with Crippen molar-refractivity contribution >= 4 is 12.0 Å². The maximum atomic E-state index is 12.0. The van der Waals surface area contributed by atoms with Crippen LogP contribution in [0.4, 0.5) is 0 Å². The first kappa shape index (κ1) is 11.5. The first-order chi connectivity index (χ1) is 8.71. The van der Waals surface area contributed by atoms with Gasteiger partial charge in [0.2, 0.25) is 5.91 Å². The highest BCUT2D eigenvalue weighted by Crippen LogP contribution is 2.32. The summed E-state index contributed by atoms with van der Waals surface area (Å²) < 4.78 is 0. The zero-order valence-corrected chi connectivity index (χ0v) is 10.7. The lowest BCUT2D eigenvalue weighted by Crippen LogP contribution is -2.52. The van der Waals surface area contributed by atoms with Crippen LogP contribution in [-0.2, 0) is 4.79 Å². The fraction of sp³-hybridized carbons (Fsp3) is 0.467. The second-order valence-electron chi connectivity index (χ2n) is 5.24. The van der Waals surface area contributed by atoms with Crippen molar-refractivity contribution < 1.29 is 4.79 Å². The first-order valence-corrected chi connectivity index (χ1v) is 6.60. The third-order valence-electron chi connectivity index (χ3n) is 4.23. The van der Waals surface area contributed by atoms with E-state index in [9.17, 15) is 4.79 Å². The van der Waals surface area contributed by atoms with E-state index in [-0.39, 0.29) is 11.4 Å². The number of carbonyl (C=O) groups is 1. The molecule has 1 saturated heterocycles. The molecule has 3 nitrogen and oxygen atoms in total. The first-order valence-electron chi connectivity index (χ1n) is 6.60. The topological polar surface area (TPSA) is 32.7 Å². The van der Waals surface area contributed by atoms with E-state index in [4.69, 9.17) is 0 Å². The van der Waals surface area contributed by atoms with Gasteiger partial charge in [0, 0.05) is 20.0 Å². The molecule has 2 heterocycles. The molecule has 0 aliphatic carbocycles. The van der Waals surface area contributed by atoms with E-state index in [0.717, 1.165) is 36.4 Å². The number of fused-ring (bicyclic) bond motifs is 1. The van der Waals surface area contributed by atoms with E-state index in [1.807, 2.05) is 24.1 Å². The molecule has 0 N–H and O–H groups in total. The Morgan fingerprint density at radius 2 is 2.11 bits per heavy atom. The SMILES string of the molecule is CN1C(=O)CCCC12C=c1ccccc1=NCC2. The lowest BCUT2D eigenvalue weighted by atomic mass is 9.83. The molecule has 1 amide bonds. The van der Waals surface area contributed by atoms with Gasteiger partial charge < -0.3 is 4.90 Å². The van der Waals surface area contributed by atoms with Gasteiger partial charge in [0.15, 0.2) is 0 Å². The standard InChI is InChI=1S/C15H18N2O/c1-17-14(18)7-4-8-15(17)9-10-16-13-6-3-2-5-12(13)11-15/h2-3,5-6,11H,4,7-10H2,1H3. The van der Waals surface area contributed by atoms with Crippen molar-refractivity contribution in [3.63, 3.8) is 0 Å². The Morgan fingerprint density at radius 3 is 3.00 bits per heavy atom. The molecule has 1 spiro atoms. The van der Waals surface area contributed by atoms with Gasteiger partial charge in [-0.2, -0.15) is 0 Å². The van der Waals surface area contributed by atoms with Crippen molar-refractivity contribution in [2.75, 3.05) is 13.6 Å². The predicted octanol–water partition coefficient (Wildman–Crippen LogP) is 0.872. The van der Waals surface area contributed by atoms with E-state index in [1.54, 1.807) is 0 Å². The number of likely N-dealkylation sites (tertiary alicyclic amines) is 1. The second kappa shape index (κ2) is 4.23. The van der Waals surface area contributed by atoms with Gasteiger partial charge in [-0.1, -0.05) is 18.2 Å². The van der Waals surface area contributed by atoms with Crippen molar-refractivity contribution in [2.24, 2.45) is 4.99 Å². The van der Waals surface area contributed by atoms with E-state index in [2.05, 4.69) is 23.2 Å². The average Bonchev–Trinajstić information content (AvgIpc) is 2.56. The number of para-hydroxylation sites is 1. The van der Waals surface area contributed by atoms with E-state index >= 15 is 0 Å². The van der Waals surface area contributed by atoms with Gasteiger partial charge in [-0.15, -0.1) is 0 Å². The van der Waals surface area contributed by atoms with Gasteiger partial charge in [-0.3, -0.25) is 9.79 Å². The summed E-state index contributed by atoms with van der Waals surface area (Å²) in [5, 5.41) is 2.22. The van der Waals surface area contributed by atoms with Crippen LogP contribution in [0, 0.1) is 0 Å². The summed E-state index contributed by atoms with van der Waals surface area (Å²) in [6.07, 6.45) is 5.92. The van der Waals surface area contributed by atoms with E-state index in [1.165, 1.54) is 0 Å². The van der Waals surface area contributed by atoms with Gasteiger partial charge in [0.1, 0.15) is 0 Å². The van der Waals surface area contributed by atoms with Crippen molar-refractivity contribution in [1.29, 1.82) is 0 Å². The van der Waals surface area contributed by atoms with Crippen LogP contribution < -0.4 is 10.6 Å². The Bertz CT molecular complexity index is 593. The molecule has 1 unspecified atom stereocenters. The molecule has 2 aliphatic rings. The lowest BCUT2D eigenvalue weighted by molar-refractivity contribution is -0.137. The van der Waals surface area contributed by atoms with Crippen molar-refractivity contribution in [2.45, 2.75) is 31.2 Å². The number of rotatable bonds is 0. The van der Waals surface area contributed by atoms with Crippen LogP contribution in [0.25, 0.3) is 6.08 Å². The molecule has 3 heteroatoms. The molecule has 94 valence electrons. The Hall–Kier alpha value is -1.64. The highest BCUT2D eigenvalue weighted by atomic mass is 16.2. The third kappa shape index (κ3) is 1.74. The van der Waals surface area contributed by atoms with Crippen LogP contribution in [0.2, 0.25) is 0 Å². The second-order valence-corrected chi connectivity index (χ2v) is 5.24. The van der Waals surface area contributed by atoms with E-state index < -0.39 is 0 Å². The number of hydrogen-bond donors (Lipinski definition) is 0. The largest absolute Gasteiger partial charge is 0.337 e. The fourth-order valence-electron chi connectivity index (χ4n) is 3.08. The zero-order chi connectivity index (χ0) is 12.6. The summed E-state index contributed by atoms with van der Waals surface area (Å²) in [6, 6.07) is 8.20. The Labute approximate surface area is 107 Å². The minimum Gasteiger partial charge on any atom is -0.337 e. The average molecular weight is 242 g/mol. The number of amides is 1.